The van der Waals surface area contributed by atoms with E-state index < -0.39 is 0 Å². The lowest BCUT2D eigenvalue weighted by Crippen LogP contribution is -2.37. The SMILES string of the molecule is CCC(CO)NC(=O)c1cn(CCN)nn1. The first-order chi connectivity index (χ1) is 7.71. The van der Waals surface area contributed by atoms with Gasteiger partial charge in [-0.15, -0.1) is 5.10 Å². The van der Waals surface area contributed by atoms with Crippen LogP contribution < -0.4 is 11.1 Å². The van der Waals surface area contributed by atoms with E-state index in [0.29, 0.717) is 19.5 Å². The zero-order chi connectivity index (χ0) is 12.0. The van der Waals surface area contributed by atoms with Gasteiger partial charge < -0.3 is 16.2 Å². The number of nitrogens with zero attached hydrogens (tertiary/aromatic N) is 3. The van der Waals surface area contributed by atoms with Gasteiger partial charge in [-0.25, -0.2) is 0 Å². The molecule has 1 amide bonds. The Morgan fingerprint density at radius 3 is 3.06 bits per heavy atom. The maximum atomic E-state index is 11.6. The second-order valence-electron chi connectivity index (χ2n) is 3.42. The number of carbonyl (C=O) groups excluding carboxylic acids is 1. The second-order valence-corrected chi connectivity index (χ2v) is 3.42. The third-order valence-corrected chi connectivity index (χ3v) is 2.18. The smallest absolute Gasteiger partial charge is 0.273 e. The van der Waals surface area contributed by atoms with Crippen LogP contribution in [0.15, 0.2) is 6.20 Å². The summed E-state index contributed by atoms with van der Waals surface area (Å²) in [4.78, 5) is 11.6. The fourth-order valence-corrected chi connectivity index (χ4v) is 1.18. The number of rotatable bonds is 6. The van der Waals surface area contributed by atoms with E-state index in [1.165, 1.54) is 10.9 Å². The van der Waals surface area contributed by atoms with Gasteiger partial charge in [0.15, 0.2) is 5.69 Å². The van der Waals surface area contributed by atoms with Gasteiger partial charge in [0.2, 0.25) is 0 Å². The standard InChI is InChI=1S/C9H17N5O2/c1-2-7(6-15)11-9(16)8-5-14(4-3-10)13-12-8/h5,7,15H,2-4,6,10H2,1H3,(H,11,16). The normalized spacial score (nSPS) is 12.4. The molecule has 1 aromatic heterocycles. The van der Waals surface area contributed by atoms with Gasteiger partial charge in [-0.2, -0.15) is 0 Å². The predicted molar refractivity (Wildman–Crippen MR) is 57.7 cm³/mol. The summed E-state index contributed by atoms with van der Waals surface area (Å²) in [6.07, 6.45) is 2.20. The number of nitrogens with two attached hydrogens (primary N) is 1. The lowest BCUT2D eigenvalue weighted by Gasteiger charge is -2.12. The zero-order valence-corrected chi connectivity index (χ0v) is 9.26. The Kier molecular flexibility index (Phi) is 4.87. The molecule has 4 N–H and O–H groups in total. The van der Waals surface area contributed by atoms with Crippen LogP contribution in [-0.4, -0.2) is 45.2 Å². The summed E-state index contributed by atoms with van der Waals surface area (Å²) in [5, 5.41) is 19.1. The number of amides is 1. The Bertz CT molecular complexity index is 334. The number of aliphatic hydroxyl groups is 1. The molecule has 1 heterocycles. The highest BCUT2D eigenvalue weighted by Gasteiger charge is 2.14. The van der Waals surface area contributed by atoms with Crippen LogP contribution in [0.2, 0.25) is 0 Å². The molecule has 1 aromatic rings. The summed E-state index contributed by atoms with van der Waals surface area (Å²) in [6, 6.07) is -0.243. The van der Waals surface area contributed by atoms with E-state index in [4.69, 9.17) is 10.8 Å². The predicted octanol–water partition coefficient (Wildman–Crippen LogP) is -1.26. The first-order valence-electron chi connectivity index (χ1n) is 5.23. The summed E-state index contributed by atoms with van der Waals surface area (Å²) in [5.74, 6) is -0.329. The molecule has 0 spiro atoms. The summed E-state index contributed by atoms with van der Waals surface area (Å²) in [7, 11) is 0. The number of hydrogen-bond acceptors (Lipinski definition) is 5. The highest BCUT2D eigenvalue weighted by molar-refractivity contribution is 5.92. The zero-order valence-electron chi connectivity index (χ0n) is 9.26. The van der Waals surface area contributed by atoms with Gasteiger partial charge in [0.1, 0.15) is 0 Å². The number of carbonyl (C=O) groups is 1. The first-order valence-corrected chi connectivity index (χ1v) is 5.23. The molecular weight excluding hydrogens is 210 g/mol. The van der Waals surface area contributed by atoms with Crippen molar-refractivity contribution in [2.45, 2.75) is 25.9 Å². The third kappa shape index (κ3) is 3.28. The molecule has 0 bridgehead atoms. The monoisotopic (exact) mass is 227 g/mol. The van der Waals surface area contributed by atoms with Crippen LogP contribution >= 0.6 is 0 Å². The molecule has 90 valence electrons. The Labute approximate surface area is 93.6 Å². The van der Waals surface area contributed by atoms with Crippen LogP contribution in [0.1, 0.15) is 23.8 Å². The van der Waals surface area contributed by atoms with Gasteiger partial charge in [0, 0.05) is 6.54 Å². The van der Waals surface area contributed by atoms with E-state index in [1.807, 2.05) is 6.92 Å². The van der Waals surface area contributed by atoms with Gasteiger partial charge in [0.25, 0.3) is 5.91 Å². The topological polar surface area (TPSA) is 106 Å². The van der Waals surface area contributed by atoms with Crippen LogP contribution in [0, 0.1) is 0 Å². The van der Waals surface area contributed by atoms with Gasteiger partial charge in [-0.1, -0.05) is 12.1 Å². The minimum atomic E-state index is -0.329. The van der Waals surface area contributed by atoms with Crippen molar-refractivity contribution in [3.05, 3.63) is 11.9 Å². The van der Waals surface area contributed by atoms with Crippen molar-refractivity contribution in [2.75, 3.05) is 13.2 Å². The average molecular weight is 227 g/mol. The molecule has 16 heavy (non-hydrogen) atoms. The van der Waals surface area contributed by atoms with Gasteiger partial charge in [-0.05, 0) is 6.42 Å². The van der Waals surface area contributed by atoms with E-state index in [1.54, 1.807) is 0 Å². The van der Waals surface area contributed by atoms with Crippen molar-refractivity contribution < 1.29 is 9.90 Å². The van der Waals surface area contributed by atoms with Crippen LogP contribution in [0.3, 0.4) is 0 Å². The quantitative estimate of drug-likeness (QED) is 0.562. The number of hydrogen-bond donors (Lipinski definition) is 3. The maximum Gasteiger partial charge on any atom is 0.273 e. The maximum absolute atomic E-state index is 11.6. The highest BCUT2D eigenvalue weighted by Crippen LogP contribution is 1.96. The van der Waals surface area contributed by atoms with Crippen molar-refractivity contribution in [1.82, 2.24) is 20.3 Å². The minimum absolute atomic E-state index is 0.0841. The summed E-state index contributed by atoms with van der Waals surface area (Å²) in [6.45, 7) is 2.77. The van der Waals surface area contributed by atoms with Crippen molar-refractivity contribution in [2.24, 2.45) is 5.73 Å². The largest absolute Gasteiger partial charge is 0.394 e. The van der Waals surface area contributed by atoms with E-state index in [2.05, 4.69) is 15.6 Å². The Morgan fingerprint density at radius 2 is 2.50 bits per heavy atom. The van der Waals surface area contributed by atoms with Crippen molar-refractivity contribution >= 4 is 5.91 Å². The molecule has 1 rings (SSSR count). The lowest BCUT2D eigenvalue weighted by atomic mass is 10.2. The Hall–Kier alpha value is -1.47. The molecule has 0 aromatic carbocycles. The van der Waals surface area contributed by atoms with E-state index in [9.17, 15) is 4.79 Å². The van der Waals surface area contributed by atoms with Gasteiger partial charge >= 0.3 is 0 Å². The number of aliphatic hydroxyl groups excluding tert-OH is 1. The molecule has 0 radical (unpaired) electrons. The molecule has 7 heteroatoms. The minimum Gasteiger partial charge on any atom is -0.394 e. The number of aromatic nitrogens is 3. The second kappa shape index (κ2) is 6.19. The molecule has 1 unspecified atom stereocenters. The molecule has 0 saturated carbocycles. The molecule has 0 aliphatic carbocycles. The highest BCUT2D eigenvalue weighted by atomic mass is 16.3. The van der Waals surface area contributed by atoms with Crippen LogP contribution in [-0.2, 0) is 6.54 Å². The Balaban J connectivity index is 2.58. The van der Waals surface area contributed by atoms with E-state index in [0.717, 1.165) is 0 Å². The molecule has 7 nitrogen and oxygen atoms in total. The van der Waals surface area contributed by atoms with Crippen LogP contribution in [0.4, 0.5) is 0 Å². The van der Waals surface area contributed by atoms with Gasteiger partial charge in [0.05, 0.1) is 25.4 Å². The van der Waals surface area contributed by atoms with E-state index >= 15 is 0 Å². The van der Waals surface area contributed by atoms with Crippen molar-refractivity contribution in [1.29, 1.82) is 0 Å². The van der Waals surface area contributed by atoms with Crippen molar-refractivity contribution in [3.8, 4) is 0 Å². The van der Waals surface area contributed by atoms with Gasteiger partial charge in [-0.3, -0.25) is 9.48 Å². The molecule has 0 fully saturated rings. The molecule has 0 saturated heterocycles. The lowest BCUT2D eigenvalue weighted by molar-refractivity contribution is 0.0910. The fraction of sp³-hybridized carbons (Fsp3) is 0.667. The number of nitrogens with one attached hydrogen (secondary N) is 1. The molecule has 0 aliphatic rings. The average Bonchev–Trinajstić information content (AvgIpc) is 2.74. The van der Waals surface area contributed by atoms with Crippen LogP contribution in [0.5, 0.6) is 0 Å². The third-order valence-electron chi connectivity index (χ3n) is 2.18. The summed E-state index contributed by atoms with van der Waals surface area (Å²) >= 11 is 0. The summed E-state index contributed by atoms with van der Waals surface area (Å²) in [5.41, 5.74) is 5.58. The fourth-order valence-electron chi connectivity index (χ4n) is 1.18. The Morgan fingerprint density at radius 1 is 1.75 bits per heavy atom. The van der Waals surface area contributed by atoms with Crippen molar-refractivity contribution in [3.63, 3.8) is 0 Å². The van der Waals surface area contributed by atoms with E-state index in [-0.39, 0.29) is 24.2 Å². The molecular formula is C9H17N5O2. The molecule has 1 atom stereocenters. The summed E-state index contributed by atoms with van der Waals surface area (Å²) < 4.78 is 1.51. The molecule has 0 aliphatic heterocycles. The first kappa shape index (κ1) is 12.6. The van der Waals surface area contributed by atoms with Crippen LogP contribution in [0.25, 0.3) is 0 Å².